The number of halogens is 1. The summed E-state index contributed by atoms with van der Waals surface area (Å²) >= 11 is 5.25. The number of hydrogen-bond donors (Lipinski definition) is 1. The lowest BCUT2D eigenvalue weighted by molar-refractivity contribution is 0.0685. The fourth-order valence-corrected chi connectivity index (χ4v) is 3.54. The third-order valence-corrected chi connectivity index (χ3v) is 4.32. The number of hydrogen-bond acceptors (Lipinski definition) is 2. The molecule has 0 spiro atoms. The van der Waals surface area contributed by atoms with Crippen molar-refractivity contribution < 1.29 is 9.90 Å². The van der Waals surface area contributed by atoms with Crippen LogP contribution in [-0.2, 0) is 6.54 Å². The van der Waals surface area contributed by atoms with Crippen LogP contribution in [0.4, 0.5) is 0 Å². The molecule has 1 unspecified atom stereocenters. The minimum Gasteiger partial charge on any atom is -0.477 e. The van der Waals surface area contributed by atoms with E-state index in [1.807, 2.05) is 22.5 Å². The molecule has 1 atom stereocenters. The molecule has 0 aliphatic carbocycles. The average Bonchev–Trinajstić information content (AvgIpc) is 2.75. The van der Waals surface area contributed by atoms with Gasteiger partial charge >= 0.3 is 5.97 Å². The number of rotatable bonds is 3. The predicted molar refractivity (Wildman–Crippen MR) is 64.6 cm³/mol. The lowest BCUT2D eigenvalue weighted by atomic mass is 10.2. The normalized spacial score (nSPS) is 20.7. The van der Waals surface area contributed by atoms with E-state index >= 15 is 0 Å². The van der Waals surface area contributed by atoms with E-state index < -0.39 is 5.97 Å². The van der Waals surface area contributed by atoms with Gasteiger partial charge in [-0.05, 0) is 40.6 Å². The van der Waals surface area contributed by atoms with Crippen molar-refractivity contribution in [3.05, 3.63) is 22.4 Å². The smallest absolute Gasteiger partial charge is 0.352 e. The van der Waals surface area contributed by atoms with Gasteiger partial charge in [-0.25, -0.2) is 4.79 Å². The highest BCUT2D eigenvalue weighted by Gasteiger charge is 2.19. The van der Waals surface area contributed by atoms with Gasteiger partial charge in [0.05, 0.1) is 0 Å². The minimum atomic E-state index is -0.858. The van der Waals surface area contributed by atoms with E-state index in [1.165, 1.54) is 18.6 Å². The second-order valence-electron chi connectivity index (χ2n) is 3.64. The molecule has 0 aromatic carbocycles. The molecule has 3 nitrogen and oxygen atoms in total. The van der Waals surface area contributed by atoms with E-state index in [4.69, 9.17) is 5.11 Å². The predicted octanol–water partition coefficient (Wildman–Crippen LogP) is 2.84. The lowest BCUT2D eigenvalue weighted by Gasteiger charge is -2.11. The molecule has 5 heteroatoms. The molecule has 1 aliphatic rings. The number of carboxylic acids is 1. The van der Waals surface area contributed by atoms with Crippen LogP contribution >= 0.6 is 27.7 Å². The van der Waals surface area contributed by atoms with Crippen LogP contribution < -0.4 is 0 Å². The first-order valence-corrected chi connectivity index (χ1v) is 6.71. The van der Waals surface area contributed by atoms with Crippen molar-refractivity contribution in [3.8, 4) is 0 Å². The maximum atomic E-state index is 11.0. The summed E-state index contributed by atoms with van der Waals surface area (Å²) in [6, 6.07) is 1.65. The van der Waals surface area contributed by atoms with Gasteiger partial charge in [-0.3, -0.25) is 0 Å². The molecule has 1 saturated heterocycles. The van der Waals surface area contributed by atoms with E-state index in [2.05, 4.69) is 15.9 Å². The Labute approximate surface area is 101 Å². The van der Waals surface area contributed by atoms with Crippen molar-refractivity contribution in [1.82, 2.24) is 4.57 Å². The fourth-order valence-electron chi connectivity index (χ4n) is 1.81. The topological polar surface area (TPSA) is 42.2 Å². The average molecular weight is 290 g/mol. The van der Waals surface area contributed by atoms with Crippen LogP contribution in [0.1, 0.15) is 23.3 Å². The zero-order valence-electron chi connectivity index (χ0n) is 8.15. The molecule has 82 valence electrons. The molecule has 0 amide bonds. The summed E-state index contributed by atoms with van der Waals surface area (Å²) in [5, 5.41) is 9.58. The Morgan fingerprint density at radius 3 is 3.13 bits per heavy atom. The van der Waals surface area contributed by atoms with Crippen LogP contribution in [0.3, 0.4) is 0 Å². The molecule has 1 aromatic rings. The SMILES string of the molecule is O=C(O)c1cc(Br)cn1CC1CCCS1. The zero-order valence-corrected chi connectivity index (χ0v) is 10.6. The molecule has 1 aliphatic heterocycles. The van der Waals surface area contributed by atoms with Gasteiger partial charge < -0.3 is 9.67 Å². The Morgan fingerprint density at radius 1 is 1.73 bits per heavy atom. The molecular weight excluding hydrogens is 278 g/mol. The van der Waals surface area contributed by atoms with Crippen LogP contribution in [0.25, 0.3) is 0 Å². The van der Waals surface area contributed by atoms with Crippen molar-refractivity contribution in [2.45, 2.75) is 24.6 Å². The summed E-state index contributed by atoms with van der Waals surface area (Å²) < 4.78 is 2.66. The quantitative estimate of drug-likeness (QED) is 0.930. The van der Waals surface area contributed by atoms with Gasteiger partial charge in [0, 0.05) is 22.5 Å². The highest BCUT2D eigenvalue weighted by Crippen LogP contribution is 2.28. The minimum absolute atomic E-state index is 0.370. The first kappa shape index (κ1) is 11.1. The Bertz CT molecular complexity index is 371. The Hall–Kier alpha value is -0.420. The highest BCUT2D eigenvalue weighted by molar-refractivity contribution is 9.10. The molecule has 1 fully saturated rings. The molecule has 0 saturated carbocycles. The van der Waals surface area contributed by atoms with Gasteiger partial charge in [0.15, 0.2) is 0 Å². The third-order valence-electron chi connectivity index (χ3n) is 2.51. The maximum Gasteiger partial charge on any atom is 0.352 e. The number of nitrogens with zero attached hydrogens (tertiary/aromatic N) is 1. The van der Waals surface area contributed by atoms with Gasteiger partial charge in [0.2, 0.25) is 0 Å². The summed E-state index contributed by atoms with van der Waals surface area (Å²) in [6.45, 7) is 0.803. The number of thioether (sulfide) groups is 1. The Morgan fingerprint density at radius 2 is 2.53 bits per heavy atom. The Kier molecular flexibility index (Phi) is 3.41. The first-order chi connectivity index (χ1) is 7.16. The molecule has 2 rings (SSSR count). The highest BCUT2D eigenvalue weighted by atomic mass is 79.9. The van der Waals surface area contributed by atoms with Gasteiger partial charge in [-0.15, -0.1) is 0 Å². The number of carboxylic acid groups (broad SMARTS) is 1. The fraction of sp³-hybridized carbons (Fsp3) is 0.500. The van der Waals surface area contributed by atoms with E-state index in [9.17, 15) is 4.79 Å². The van der Waals surface area contributed by atoms with Crippen LogP contribution in [-0.4, -0.2) is 26.6 Å². The molecular formula is C10H12BrNO2S. The molecule has 1 N–H and O–H groups in total. The number of carbonyl (C=O) groups is 1. The second kappa shape index (κ2) is 4.61. The molecule has 0 radical (unpaired) electrons. The van der Waals surface area contributed by atoms with E-state index in [1.54, 1.807) is 6.07 Å². The summed E-state index contributed by atoms with van der Waals surface area (Å²) in [5.41, 5.74) is 0.370. The summed E-state index contributed by atoms with van der Waals surface area (Å²) in [6.07, 6.45) is 4.29. The summed E-state index contributed by atoms with van der Waals surface area (Å²) in [7, 11) is 0. The summed E-state index contributed by atoms with van der Waals surface area (Å²) in [5.74, 6) is 0.346. The van der Waals surface area contributed by atoms with E-state index in [-0.39, 0.29) is 0 Å². The molecule has 2 heterocycles. The molecule has 0 bridgehead atoms. The first-order valence-electron chi connectivity index (χ1n) is 4.87. The van der Waals surface area contributed by atoms with Crippen molar-refractivity contribution in [3.63, 3.8) is 0 Å². The third kappa shape index (κ3) is 2.58. The molecule has 15 heavy (non-hydrogen) atoms. The van der Waals surface area contributed by atoms with Crippen molar-refractivity contribution >= 4 is 33.7 Å². The zero-order chi connectivity index (χ0) is 10.8. The molecule has 1 aromatic heterocycles. The van der Waals surface area contributed by atoms with E-state index in [0.29, 0.717) is 10.9 Å². The standard InChI is InChI=1S/C10H12BrNO2S/c11-7-4-9(10(13)14)12(5-7)6-8-2-1-3-15-8/h4-5,8H,1-3,6H2,(H,13,14). The lowest BCUT2D eigenvalue weighted by Crippen LogP contribution is -2.14. The van der Waals surface area contributed by atoms with Gasteiger partial charge in [0.25, 0.3) is 0 Å². The van der Waals surface area contributed by atoms with E-state index in [0.717, 1.165) is 11.0 Å². The van der Waals surface area contributed by atoms with Gasteiger partial charge in [0.1, 0.15) is 5.69 Å². The monoisotopic (exact) mass is 289 g/mol. The van der Waals surface area contributed by atoms with Crippen LogP contribution in [0.2, 0.25) is 0 Å². The van der Waals surface area contributed by atoms with Crippen molar-refractivity contribution in [2.24, 2.45) is 0 Å². The number of aromatic carboxylic acids is 1. The van der Waals surface area contributed by atoms with Gasteiger partial charge in [-0.1, -0.05) is 0 Å². The summed E-state index contributed by atoms with van der Waals surface area (Å²) in [4.78, 5) is 11.0. The van der Waals surface area contributed by atoms with Crippen LogP contribution in [0.5, 0.6) is 0 Å². The maximum absolute atomic E-state index is 11.0. The van der Waals surface area contributed by atoms with Gasteiger partial charge in [-0.2, -0.15) is 11.8 Å². The van der Waals surface area contributed by atoms with Crippen LogP contribution in [0.15, 0.2) is 16.7 Å². The van der Waals surface area contributed by atoms with Crippen molar-refractivity contribution in [2.75, 3.05) is 5.75 Å². The van der Waals surface area contributed by atoms with Crippen LogP contribution in [0, 0.1) is 0 Å². The Balaban J connectivity index is 2.15. The largest absolute Gasteiger partial charge is 0.477 e. The number of aromatic nitrogens is 1. The van der Waals surface area contributed by atoms with Crippen molar-refractivity contribution in [1.29, 1.82) is 0 Å². The second-order valence-corrected chi connectivity index (χ2v) is 5.96.